The van der Waals surface area contributed by atoms with Gasteiger partial charge in [0.05, 0.1) is 11.3 Å². The van der Waals surface area contributed by atoms with Gasteiger partial charge in [-0.15, -0.1) is 0 Å². The molecular weight excluding hydrogens is 304 g/mol. The summed E-state index contributed by atoms with van der Waals surface area (Å²) in [7, 11) is -3.83. The van der Waals surface area contributed by atoms with Crippen LogP contribution in [0.3, 0.4) is 0 Å². The highest BCUT2D eigenvalue weighted by Crippen LogP contribution is 2.29. The van der Waals surface area contributed by atoms with E-state index in [-0.39, 0.29) is 23.4 Å². The molecule has 1 aromatic rings. The maximum Gasteiger partial charge on any atom is 0.306 e. The van der Waals surface area contributed by atoms with E-state index in [9.17, 15) is 13.2 Å². The topological polar surface area (TPSA) is 69.7 Å². The summed E-state index contributed by atoms with van der Waals surface area (Å²) in [6.07, 6.45) is 0.649. The van der Waals surface area contributed by atoms with Crippen molar-refractivity contribution >= 4 is 16.1 Å². The van der Waals surface area contributed by atoms with Gasteiger partial charge in [-0.3, -0.25) is 8.98 Å². The Bertz CT molecular complexity index is 618. The van der Waals surface area contributed by atoms with Crippen LogP contribution >= 0.6 is 0 Å². The van der Waals surface area contributed by atoms with Crippen molar-refractivity contribution in [2.75, 3.05) is 6.61 Å². The Morgan fingerprint density at radius 1 is 1.27 bits per heavy atom. The lowest BCUT2D eigenvalue weighted by molar-refractivity contribution is -0.142. The zero-order valence-electron chi connectivity index (χ0n) is 13.1. The van der Waals surface area contributed by atoms with Gasteiger partial charge in [0.2, 0.25) is 0 Å². The normalized spacial score (nSPS) is 22.1. The van der Waals surface area contributed by atoms with Gasteiger partial charge in [0.1, 0.15) is 12.7 Å². The van der Waals surface area contributed by atoms with Crippen LogP contribution in [-0.4, -0.2) is 27.1 Å². The minimum Gasteiger partial charge on any atom is -0.460 e. The molecule has 2 rings (SSSR count). The van der Waals surface area contributed by atoms with E-state index in [4.69, 9.17) is 8.92 Å². The van der Waals surface area contributed by atoms with E-state index in [0.29, 0.717) is 12.3 Å². The van der Waals surface area contributed by atoms with Gasteiger partial charge in [0, 0.05) is 5.92 Å². The Hall–Kier alpha value is -1.40. The predicted molar refractivity (Wildman–Crippen MR) is 81.8 cm³/mol. The third-order valence-electron chi connectivity index (χ3n) is 3.71. The van der Waals surface area contributed by atoms with Crippen molar-refractivity contribution in [1.82, 2.24) is 0 Å². The highest BCUT2D eigenvalue weighted by atomic mass is 32.2. The average molecular weight is 326 g/mol. The van der Waals surface area contributed by atoms with E-state index in [2.05, 4.69) is 13.8 Å². The predicted octanol–water partition coefficient (Wildman–Crippen LogP) is 2.68. The highest BCUT2D eigenvalue weighted by molar-refractivity contribution is 7.86. The quantitative estimate of drug-likeness (QED) is 0.594. The number of rotatable bonds is 6. The molecule has 0 saturated carbocycles. The summed E-state index contributed by atoms with van der Waals surface area (Å²) in [5, 5.41) is 0. The first-order chi connectivity index (χ1) is 10.3. The standard InChI is InChI=1S/C16H22O5S/c1-11(2)8-13-9-16(17)21-15(13)10-20-22(18,19)14-6-4-12(3)5-7-14/h4-7,11,13,15H,8-10H2,1-3H3. The second kappa shape index (κ2) is 6.79. The van der Waals surface area contributed by atoms with E-state index in [1.54, 1.807) is 12.1 Å². The summed E-state index contributed by atoms with van der Waals surface area (Å²) in [5.41, 5.74) is 0.973. The van der Waals surface area contributed by atoms with Crippen molar-refractivity contribution in [2.24, 2.45) is 11.8 Å². The largest absolute Gasteiger partial charge is 0.460 e. The summed E-state index contributed by atoms with van der Waals surface area (Å²) in [6, 6.07) is 6.45. The summed E-state index contributed by atoms with van der Waals surface area (Å²) in [4.78, 5) is 11.6. The zero-order chi connectivity index (χ0) is 16.3. The molecular formula is C16H22O5S. The SMILES string of the molecule is Cc1ccc(S(=O)(=O)OCC2OC(=O)CC2CC(C)C)cc1. The monoisotopic (exact) mass is 326 g/mol. The number of ether oxygens (including phenoxy) is 1. The molecule has 5 nitrogen and oxygen atoms in total. The molecule has 1 aliphatic rings. The van der Waals surface area contributed by atoms with Crippen molar-refractivity contribution in [1.29, 1.82) is 0 Å². The first kappa shape index (κ1) is 17.0. The Morgan fingerprint density at radius 2 is 1.91 bits per heavy atom. The number of hydrogen-bond acceptors (Lipinski definition) is 5. The van der Waals surface area contributed by atoms with Crippen LogP contribution < -0.4 is 0 Å². The van der Waals surface area contributed by atoms with E-state index >= 15 is 0 Å². The molecule has 0 radical (unpaired) electrons. The lowest BCUT2D eigenvalue weighted by Crippen LogP contribution is -2.25. The molecule has 2 unspecified atom stereocenters. The first-order valence-electron chi connectivity index (χ1n) is 7.43. The van der Waals surface area contributed by atoms with Crippen LogP contribution in [0.1, 0.15) is 32.3 Å². The Morgan fingerprint density at radius 3 is 2.50 bits per heavy atom. The number of esters is 1. The fourth-order valence-corrected chi connectivity index (χ4v) is 3.52. The van der Waals surface area contributed by atoms with Crippen molar-refractivity contribution < 1.29 is 22.1 Å². The van der Waals surface area contributed by atoms with Crippen LogP contribution in [0.25, 0.3) is 0 Å². The summed E-state index contributed by atoms with van der Waals surface area (Å²) >= 11 is 0. The lowest BCUT2D eigenvalue weighted by Gasteiger charge is -2.18. The molecule has 0 N–H and O–H groups in total. The molecule has 1 aliphatic heterocycles. The fourth-order valence-electron chi connectivity index (χ4n) is 2.60. The molecule has 6 heteroatoms. The summed E-state index contributed by atoms with van der Waals surface area (Å²) in [5.74, 6) is 0.142. The van der Waals surface area contributed by atoms with Crippen LogP contribution in [0.15, 0.2) is 29.2 Å². The number of aryl methyl sites for hydroxylation is 1. The molecule has 1 fully saturated rings. The number of carbonyl (C=O) groups excluding carboxylic acids is 1. The van der Waals surface area contributed by atoms with Gasteiger partial charge in [-0.25, -0.2) is 0 Å². The van der Waals surface area contributed by atoms with Crippen LogP contribution in [0, 0.1) is 18.8 Å². The minimum absolute atomic E-state index is 0.0146. The number of carbonyl (C=O) groups is 1. The smallest absolute Gasteiger partial charge is 0.306 e. The second-order valence-corrected chi connectivity index (χ2v) is 7.79. The maximum absolute atomic E-state index is 12.1. The molecule has 0 bridgehead atoms. The molecule has 0 aromatic heterocycles. The van der Waals surface area contributed by atoms with Gasteiger partial charge in [-0.2, -0.15) is 8.42 Å². The number of hydrogen-bond donors (Lipinski definition) is 0. The minimum atomic E-state index is -3.83. The van der Waals surface area contributed by atoms with E-state index in [0.717, 1.165) is 12.0 Å². The third-order valence-corrected chi connectivity index (χ3v) is 5.00. The van der Waals surface area contributed by atoms with Gasteiger partial charge < -0.3 is 4.74 Å². The van der Waals surface area contributed by atoms with E-state index < -0.39 is 16.2 Å². The number of benzene rings is 1. The fraction of sp³-hybridized carbons (Fsp3) is 0.562. The van der Waals surface area contributed by atoms with E-state index in [1.807, 2.05) is 6.92 Å². The average Bonchev–Trinajstić information content (AvgIpc) is 2.76. The van der Waals surface area contributed by atoms with Crippen molar-refractivity contribution in [3.05, 3.63) is 29.8 Å². The molecule has 122 valence electrons. The van der Waals surface area contributed by atoms with Gasteiger partial charge in [0.25, 0.3) is 10.1 Å². The van der Waals surface area contributed by atoms with Crippen LogP contribution in [0.4, 0.5) is 0 Å². The number of cyclic esters (lactones) is 1. The van der Waals surface area contributed by atoms with Gasteiger partial charge in [0.15, 0.2) is 0 Å². The summed E-state index contributed by atoms with van der Waals surface area (Å²) < 4.78 is 34.6. The zero-order valence-corrected chi connectivity index (χ0v) is 13.9. The second-order valence-electron chi connectivity index (χ2n) is 6.17. The van der Waals surface area contributed by atoms with Crippen LogP contribution in [0.2, 0.25) is 0 Å². The molecule has 1 aromatic carbocycles. The van der Waals surface area contributed by atoms with E-state index in [1.165, 1.54) is 12.1 Å². The Balaban J connectivity index is 2.01. The van der Waals surface area contributed by atoms with Gasteiger partial charge in [-0.1, -0.05) is 31.5 Å². The first-order valence-corrected chi connectivity index (χ1v) is 8.84. The molecule has 0 aliphatic carbocycles. The van der Waals surface area contributed by atoms with Gasteiger partial charge in [-0.05, 0) is 31.4 Å². The Labute approximate surface area is 131 Å². The van der Waals surface area contributed by atoms with Crippen molar-refractivity contribution in [2.45, 2.75) is 44.6 Å². The van der Waals surface area contributed by atoms with Gasteiger partial charge >= 0.3 is 5.97 Å². The summed E-state index contributed by atoms with van der Waals surface area (Å²) in [6.45, 7) is 5.87. The highest BCUT2D eigenvalue weighted by Gasteiger charge is 2.36. The molecule has 0 amide bonds. The van der Waals surface area contributed by atoms with Crippen molar-refractivity contribution in [3.63, 3.8) is 0 Å². The lowest BCUT2D eigenvalue weighted by atomic mass is 9.91. The maximum atomic E-state index is 12.1. The third kappa shape index (κ3) is 4.30. The molecule has 0 spiro atoms. The van der Waals surface area contributed by atoms with Crippen molar-refractivity contribution in [3.8, 4) is 0 Å². The molecule has 2 atom stereocenters. The molecule has 1 saturated heterocycles. The van der Waals surface area contributed by atoms with Crippen LogP contribution in [-0.2, 0) is 23.8 Å². The van der Waals surface area contributed by atoms with Crippen LogP contribution in [0.5, 0.6) is 0 Å². The molecule has 1 heterocycles. The Kier molecular flexibility index (Phi) is 5.24. The molecule has 22 heavy (non-hydrogen) atoms.